The van der Waals surface area contributed by atoms with Crippen LogP contribution in [-0.4, -0.2) is 42.3 Å². The largest absolute Gasteiger partial charge is 0.444 e. The number of carbonyl (C=O) groups excluding carboxylic acids is 1. The summed E-state index contributed by atoms with van der Waals surface area (Å²) in [5, 5.41) is 3.57. The van der Waals surface area contributed by atoms with Gasteiger partial charge in [0.25, 0.3) is 0 Å². The van der Waals surface area contributed by atoms with Crippen LogP contribution in [0.3, 0.4) is 0 Å². The maximum atomic E-state index is 12.0. The van der Waals surface area contributed by atoms with E-state index in [1.54, 1.807) is 0 Å². The van der Waals surface area contributed by atoms with Crippen molar-refractivity contribution in [2.75, 3.05) is 19.6 Å². The van der Waals surface area contributed by atoms with E-state index in [2.05, 4.69) is 5.32 Å². The molecule has 0 spiro atoms. The molecule has 0 unspecified atom stereocenters. The van der Waals surface area contributed by atoms with Gasteiger partial charge in [-0.1, -0.05) is 12.8 Å². The Labute approximate surface area is 129 Å². The Morgan fingerprint density at radius 3 is 2.38 bits per heavy atom. The van der Waals surface area contributed by atoms with Crippen molar-refractivity contribution in [3.8, 4) is 0 Å². The van der Waals surface area contributed by atoms with Crippen LogP contribution in [-0.2, 0) is 4.74 Å². The molecule has 0 aromatic heterocycles. The number of hydrogen-bond donors (Lipinski definition) is 1. The summed E-state index contributed by atoms with van der Waals surface area (Å²) in [6, 6.07) is 0.835. The Morgan fingerprint density at radius 1 is 1.14 bits per heavy atom. The second-order valence-corrected chi connectivity index (χ2v) is 7.63. The normalized spacial score (nSPS) is 20.6. The molecule has 4 nitrogen and oxygen atoms in total. The molecule has 0 bridgehead atoms. The first-order valence-corrected chi connectivity index (χ1v) is 8.65. The number of ether oxygens (including phenoxy) is 1. The van der Waals surface area contributed by atoms with E-state index in [-0.39, 0.29) is 11.7 Å². The average Bonchev–Trinajstić information content (AvgIpc) is 3.21. The molecule has 1 heterocycles. The summed E-state index contributed by atoms with van der Waals surface area (Å²) in [6.45, 7) is 8.68. The van der Waals surface area contributed by atoms with Gasteiger partial charge >= 0.3 is 6.09 Å². The highest BCUT2D eigenvalue weighted by atomic mass is 16.6. The molecule has 1 N–H and O–H groups in total. The molecule has 4 heteroatoms. The summed E-state index contributed by atoms with van der Waals surface area (Å²) in [5.74, 6) is 0.796. The van der Waals surface area contributed by atoms with Crippen LogP contribution in [0.5, 0.6) is 0 Å². The van der Waals surface area contributed by atoms with Crippen molar-refractivity contribution < 1.29 is 9.53 Å². The third-order valence-electron chi connectivity index (χ3n) is 4.32. The Kier molecular flexibility index (Phi) is 5.91. The van der Waals surface area contributed by atoms with Crippen LogP contribution >= 0.6 is 0 Å². The molecule has 1 amide bonds. The van der Waals surface area contributed by atoms with E-state index < -0.39 is 0 Å². The molecule has 0 radical (unpaired) electrons. The van der Waals surface area contributed by atoms with Gasteiger partial charge in [0.15, 0.2) is 0 Å². The Balaban J connectivity index is 1.53. The van der Waals surface area contributed by atoms with E-state index in [1.807, 2.05) is 25.7 Å². The lowest BCUT2D eigenvalue weighted by atomic mass is 9.92. The number of unbranched alkanes of at least 4 members (excludes halogenated alkanes) is 1. The zero-order chi connectivity index (χ0) is 15.3. The smallest absolute Gasteiger partial charge is 0.410 e. The highest BCUT2D eigenvalue weighted by Crippen LogP contribution is 2.24. The molecule has 1 saturated carbocycles. The molecule has 2 fully saturated rings. The molecule has 2 rings (SSSR count). The van der Waals surface area contributed by atoms with E-state index in [1.165, 1.54) is 38.6 Å². The predicted molar refractivity (Wildman–Crippen MR) is 85.4 cm³/mol. The number of rotatable bonds is 6. The number of hydrogen-bond acceptors (Lipinski definition) is 3. The number of piperidine rings is 1. The van der Waals surface area contributed by atoms with Crippen LogP contribution < -0.4 is 5.32 Å². The minimum Gasteiger partial charge on any atom is -0.444 e. The quantitative estimate of drug-likeness (QED) is 0.762. The third-order valence-corrected chi connectivity index (χ3v) is 4.32. The Bertz CT molecular complexity index is 326. The zero-order valence-electron chi connectivity index (χ0n) is 14.0. The lowest BCUT2D eigenvalue weighted by molar-refractivity contribution is 0.0180. The maximum absolute atomic E-state index is 12.0. The van der Waals surface area contributed by atoms with E-state index >= 15 is 0 Å². The minimum atomic E-state index is -0.386. The standard InChI is InChI=1S/C17H32N2O2/c1-17(2,3)21-16(20)19-12-9-14(10-13-19)6-4-5-11-18-15-7-8-15/h14-15,18H,4-13H2,1-3H3. The predicted octanol–water partition coefficient (Wildman–Crippen LogP) is 3.56. The summed E-state index contributed by atoms with van der Waals surface area (Å²) in [6.07, 6.45) is 8.81. The van der Waals surface area contributed by atoms with Crippen molar-refractivity contribution in [2.24, 2.45) is 5.92 Å². The lowest BCUT2D eigenvalue weighted by Gasteiger charge is -2.33. The first kappa shape index (κ1) is 16.6. The van der Waals surface area contributed by atoms with Gasteiger partial charge in [0.05, 0.1) is 0 Å². The fourth-order valence-electron chi connectivity index (χ4n) is 2.88. The van der Waals surface area contributed by atoms with Crippen LogP contribution in [0.25, 0.3) is 0 Å². The summed E-state index contributed by atoms with van der Waals surface area (Å²) >= 11 is 0. The van der Waals surface area contributed by atoms with Gasteiger partial charge in [0, 0.05) is 19.1 Å². The highest BCUT2D eigenvalue weighted by Gasteiger charge is 2.26. The molecule has 2 aliphatic rings. The first-order chi connectivity index (χ1) is 9.94. The molecule has 0 aromatic carbocycles. The van der Waals surface area contributed by atoms with Gasteiger partial charge in [-0.2, -0.15) is 0 Å². The second-order valence-electron chi connectivity index (χ2n) is 7.63. The van der Waals surface area contributed by atoms with Crippen LogP contribution in [0.2, 0.25) is 0 Å². The summed E-state index contributed by atoms with van der Waals surface area (Å²) in [4.78, 5) is 13.9. The van der Waals surface area contributed by atoms with Crippen molar-refractivity contribution in [3.63, 3.8) is 0 Å². The molecule has 0 aromatic rings. The van der Waals surface area contributed by atoms with Gasteiger partial charge in [0.2, 0.25) is 0 Å². The Hall–Kier alpha value is -0.770. The molecule has 21 heavy (non-hydrogen) atoms. The van der Waals surface area contributed by atoms with Crippen molar-refractivity contribution in [2.45, 2.75) is 77.4 Å². The average molecular weight is 296 g/mol. The van der Waals surface area contributed by atoms with Crippen molar-refractivity contribution in [3.05, 3.63) is 0 Å². The number of nitrogens with zero attached hydrogens (tertiary/aromatic N) is 1. The van der Waals surface area contributed by atoms with Gasteiger partial charge in [-0.25, -0.2) is 4.79 Å². The molecule has 1 aliphatic carbocycles. The topological polar surface area (TPSA) is 41.6 Å². The van der Waals surface area contributed by atoms with Crippen LogP contribution in [0.1, 0.15) is 65.7 Å². The summed E-state index contributed by atoms with van der Waals surface area (Å²) in [5.41, 5.74) is -0.386. The van der Waals surface area contributed by atoms with Gasteiger partial charge < -0.3 is 15.0 Å². The molecular formula is C17H32N2O2. The maximum Gasteiger partial charge on any atom is 0.410 e. The number of amides is 1. The van der Waals surface area contributed by atoms with Crippen molar-refractivity contribution in [1.29, 1.82) is 0 Å². The fraction of sp³-hybridized carbons (Fsp3) is 0.941. The monoisotopic (exact) mass is 296 g/mol. The minimum absolute atomic E-state index is 0.144. The van der Waals surface area contributed by atoms with Crippen LogP contribution in [0.4, 0.5) is 4.79 Å². The van der Waals surface area contributed by atoms with Gasteiger partial charge in [-0.15, -0.1) is 0 Å². The van der Waals surface area contributed by atoms with E-state index in [0.29, 0.717) is 0 Å². The van der Waals surface area contributed by atoms with Gasteiger partial charge in [-0.05, 0) is 65.3 Å². The molecule has 0 atom stereocenters. The number of nitrogens with one attached hydrogen (secondary N) is 1. The van der Waals surface area contributed by atoms with E-state index in [0.717, 1.165) is 37.9 Å². The lowest BCUT2D eigenvalue weighted by Crippen LogP contribution is -2.41. The van der Waals surface area contributed by atoms with Crippen LogP contribution in [0.15, 0.2) is 0 Å². The van der Waals surface area contributed by atoms with Gasteiger partial charge in [0.1, 0.15) is 5.60 Å². The summed E-state index contributed by atoms with van der Waals surface area (Å²) in [7, 11) is 0. The summed E-state index contributed by atoms with van der Waals surface area (Å²) < 4.78 is 5.43. The molecule has 122 valence electrons. The molecule has 1 aliphatic heterocycles. The highest BCUT2D eigenvalue weighted by molar-refractivity contribution is 5.68. The molecular weight excluding hydrogens is 264 g/mol. The Morgan fingerprint density at radius 2 is 1.81 bits per heavy atom. The zero-order valence-corrected chi connectivity index (χ0v) is 14.0. The second kappa shape index (κ2) is 7.48. The van der Waals surface area contributed by atoms with E-state index in [9.17, 15) is 4.79 Å². The molecule has 1 saturated heterocycles. The number of carbonyl (C=O) groups is 1. The van der Waals surface area contributed by atoms with Crippen molar-refractivity contribution >= 4 is 6.09 Å². The van der Waals surface area contributed by atoms with Crippen molar-refractivity contribution in [1.82, 2.24) is 10.2 Å². The SMILES string of the molecule is CC(C)(C)OC(=O)N1CCC(CCCCNC2CC2)CC1. The number of likely N-dealkylation sites (tertiary alicyclic amines) is 1. The fourth-order valence-corrected chi connectivity index (χ4v) is 2.88. The van der Waals surface area contributed by atoms with E-state index in [4.69, 9.17) is 4.74 Å². The van der Waals surface area contributed by atoms with Crippen LogP contribution in [0, 0.1) is 5.92 Å². The first-order valence-electron chi connectivity index (χ1n) is 8.65. The van der Waals surface area contributed by atoms with Gasteiger partial charge in [-0.3, -0.25) is 0 Å². The third kappa shape index (κ3) is 6.68.